The average Bonchev–Trinajstić information content (AvgIpc) is 4.04. The molecule has 2 aromatic heterocycles. The van der Waals surface area contributed by atoms with Gasteiger partial charge in [0.1, 0.15) is 42.3 Å². The first-order chi connectivity index (χ1) is 36.0. The largest absolute Gasteiger partial charge is 0.370 e. The van der Waals surface area contributed by atoms with Crippen LogP contribution in [0, 0.1) is 0 Å². The minimum atomic E-state index is -1.57. The van der Waals surface area contributed by atoms with Gasteiger partial charge < -0.3 is 69.3 Å². The van der Waals surface area contributed by atoms with Crippen molar-refractivity contribution in [2.24, 2.45) is 22.2 Å². The summed E-state index contributed by atoms with van der Waals surface area (Å²) in [4.78, 5) is 142. The van der Waals surface area contributed by atoms with Crippen molar-refractivity contribution in [3.63, 3.8) is 0 Å². The van der Waals surface area contributed by atoms with Crippen LogP contribution in [0.25, 0.3) is 10.9 Å². The second kappa shape index (κ2) is 27.1. The van der Waals surface area contributed by atoms with Gasteiger partial charge in [-0.15, -0.1) is 0 Å². The molecule has 0 aliphatic carbocycles. The SMILES string of the molecule is CCCC[C@H](NC(C)=O)C(=O)N[C@H]1CC(=O)NCCCC[C@@H](C(N)=O)NC(=O)[C@H]2Cc3c([nH]c4ccccc34)CN2C(=O)[C@H](CCCN=C(N)N)NC(=O)[C@@H](Cc2ccccc2)NC(=O)[C@H](Cc2cnc[nH]2)NC1=O. The van der Waals surface area contributed by atoms with Gasteiger partial charge in [-0.1, -0.05) is 68.3 Å². The van der Waals surface area contributed by atoms with Gasteiger partial charge in [-0.05, 0) is 55.7 Å². The summed E-state index contributed by atoms with van der Waals surface area (Å²) in [5, 5.41) is 19.9. The predicted octanol–water partition coefficient (Wildman–Crippen LogP) is -1.02. The number of unbranched alkanes of at least 4 members (excludes halogenated alkanes) is 1. The molecule has 2 aromatic carbocycles. The van der Waals surface area contributed by atoms with Crippen LogP contribution in [0.2, 0.25) is 0 Å². The number of nitrogens with one attached hydrogen (secondary N) is 9. The van der Waals surface area contributed by atoms with Crippen LogP contribution < -0.4 is 54.4 Å². The van der Waals surface area contributed by atoms with E-state index in [1.807, 2.05) is 31.2 Å². The number of carbonyl (C=O) groups is 9. The lowest BCUT2D eigenvalue weighted by Gasteiger charge is -2.38. The number of carbonyl (C=O) groups excluding carboxylic acids is 9. The van der Waals surface area contributed by atoms with E-state index < -0.39 is 102 Å². The molecule has 2 aliphatic rings. The van der Waals surface area contributed by atoms with Crippen molar-refractivity contribution in [1.82, 2.24) is 57.1 Å². The highest BCUT2D eigenvalue weighted by Crippen LogP contribution is 2.31. The molecule has 402 valence electrons. The van der Waals surface area contributed by atoms with Crippen molar-refractivity contribution in [1.29, 1.82) is 0 Å². The van der Waals surface area contributed by atoms with Gasteiger partial charge >= 0.3 is 0 Å². The maximum Gasteiger partial charge on any atom is 0.246 e. The van der Waals surface area contributed by atoms with Crippen molar-refractivity contribution in [3.05, 3.63) is 89.6 Å². The summed E-state index contributed by atoms with van der Waals surface area (Å²) in [6.45, 7) is 3.19. The van der Waals surface area contributed by atoms with Crippen LogP contribution in [0.5, 0.6) is 0 Å². The quantitative estimate of drug-likeness (QED) is 0.0387. The summed E-state index contributed by atoms with van der Waals surface area (Å²) in [5.74, 6) is -6.80. The van der Waals surface area contributed by atoms with Crippen molar-refractivity contribution < 1.29 is 43.2 Å². The molecule has 0 spiro atoms. The normalized spacial score (nSPS) is 21.9. The van der Waals surface area contributed by atoms with Crippen LogP contribution >= 0.6 is 0 Å². The summed E-state index contributed by atoms with van der Waals surface area (Å²) in [6.07, 6.45) is 4.24. The van der Waals surface area contributed by atoms with E-state index in [2.05, 4.69) is 57.2 Å². The van der Waals surface area contributed by atoms with Crippen LogP contribution in [-0.4, -0.2) is 134 Å². The predicted molar refractivity (Wildman–Crippen MR) is 276 cm³/mol. The zero-order chi connectivity index (χ0) is 54.0. The highest BCUT2D eigenvalue weighted by Gasteiger charge is 2.41. The maximum absolute atomic E-state index is 15.2. The number of hydrogen-bond acceptors (Lipinski definition) is 11. The third kappa shape index (κ3) is 16.1. The number of aromatic amines is 2. The van der Waals surface area contributed by atoms with E-state index in [0.29, 0.717) is 36.2 Å². The fraction of sp³-hybridized carbons (Fsp3) is 0.471. The molecule has 15 N–H and O–H groups in total. The van der Waals surface area contributed by atoms with Crippen LogP contribution in [0.3, 0.4) is 0 Å². The van der Waals surface area contributed by atoms with E-state index in [0.717, 1.165) is 16.5 Å². The minimum Gasteiger partial charge on any atom is -0.370 e. The van der Waals surface area contributed by atoms with E-state index in [-0.39, 0.29) is 77.0 Å². The molecule has 2 aliphatic heterocycles. The Morgan fingerprint density at radius 3 is 2.23 bits per heavy atom. The van der Waals surface area contributed by atoms with Gasteiger partial charge in [-0.3, -0.25) is 48.1 Å². The number of aromatic nitrogens is 3. The number of primary amides is 1. The monoisotopic (exact) mass is 1040 g/mol. The number of benzene rings is 2. The summed E-state index contributed by atoms with van der Waals surface area (Å²) >= 11 is 0. The highest BCUT2D eigenvalue weighted by atomic mass is 16.2. The molecule has 4 aromatic rings. The van der Waals surface area contributed by atoms with Crippen molar-refractivity contribution >= 4 is 70.0 Å². The van der Waals surface area contributed by atoms with E-state index in [1.165, 1.54) is 24.3 Å². The lowest BCUT2D eigenvalue weighted by molar-refractivity contribution is -0.145. The molecule has 0 saturated carbocycles. The molecule has 75 heavy (non-hydrogen) atoms. The zero-order valence-electron chi connectivity index (χ0n) is 42.2. The standard InChI is InChI=1S/C51H69N15O9/c1-3-4-16-36(59-29(2)67)45(70)65-40-25-43(68)56-20-11-10-18-35(44(52)69)61-49(74)42-24-33-32-15-8-9-17-34(32)60-41(33)27-66(42)50(75)37(19-12-21-57-51(53)54)62-46(71)38(22-30-13-6-5-7-14-30)63-47(72)39(64-48(40)73)23-31-26-55-28-58-31/h5-9,13-15,17,26,28,35-40,42,60H,3-4,10-12,16,18-25,27H2,1-2H3,(H2,52,69)(H,55,58)(H,56,68)(H,59,67)(H,61,74)(H,62,71)(H,63,72)(H,64,73)(H,65,70)(H4,53,54,57)/t35-,36-,37-,38+,39-,40-,42+/m0/s1. The van der Waals surface area contributed by atoms with Crippen molar-refractivity contribution in [3.8, 4) is 0 Å². The Balaban J connectivity index is 1.40. The number of amides is 9. The summed E-state index contributed by atoms with van der Waals surface area (Å²) in [7, 11) is 0. The number of nitrogens with zero attached hydrogens (tertiary/aromatic N) is 3. The number of rotatable bonds is 15. The number of aliphatic imine (C=N–C) groups is 1. The zero-order valence-corrected chi connectivity index (χ0v) is 42.2. The summed E-state index contributed by atoms with van der Waals surface area (Å²) < 4.78 is 0. The molecule has 24 heteroatoms. The molecule has 9 amide bonds. The van der Waals surface area contributed by atoms with Gasteiger partial charge in [0.2, 0.25) is 53.2 Å². The van der Waals surface area contributed by atoms with Gasteiger partial charge in [-0.25, -0.2) is 4.98 Å². The third-order valence-electron chi connectivity index (χ3n) is 13.1. The Morgan fingerprint density at radius 1 is 0.827 bits per heavy atom. The molecule has 7 atom stereocenters. The minimum absolute atomic E-state index is 0.0265. The number of para-hydroxylation sites is 1. The summed E-state index contributed by atoms with van der Waals surface area (Å²) in [5.41, 5.74) is 20.4. The van der Waals surface area contributed by atoms with Gasteiger partial charge in [0, 0.05) is 67.8 Å². The van der Waals surface area contributed by atoms with Crippen LogP contribution in [-0.2, 0) is 69.0 Å². The van der Waals surface area contributed by atoms with Crippen LogP contribution in [0.1, 0.15) is 94.1 Å². The first-order valence-corrected chi connectivity index (χ1v) is 25.3. The van der Waals surface area contributed by atoms with Crippen molar-refractivity contribution in [2.45, 2.75) is 140 Å². The number of nitrogens with two attached hydrogens (primary N) is 3. The lowest BCUT2D eigenvalue weighted by Crippen LogP contribution is -2.62. The lowest BCUT2D eigenvalue weighted by atomic mass is 9.94. The Morgan fingerprint density at radius 2 is 1.53 bits per heavy atom. The number of fused-ring (bicyclic) bond motifs is 4. The van der Waals surface area contributed by atoms with Gasteiger partial charge in [0.15, 0.2) is 5.96 Å². The third-order valence-corrected chi connectivity index (χ3v) is 13.1. The maximum atomic E-state index is 15.2. The Labute approximate surface area is 433 Å². The molecule has 0 radical (unpaired) electrons. The fourth-order valence-electron chi connectivity index (χ4n) is 9.25. The molecular weight excluding hydrogens is 967 g/mol. The number of guanidine groups is 1. The van der Waals surface area contributed by atoms with Crippen LogP contribution in [0.15, 0.2) is 72.1 Å². The molecule has 0 bridgehead atoms. The molecule has 1 saturated heterocycles. The average molecular weight is 1040 g/mol. The van der Waals surface area contributed by atoms with Gasteiger partial charge in [-0.2, -0.15) is 0 Å². The Hall–Kier alpha value is -8.31. The van der Waals surface area contributed by atoms with Gasteiger partial charge in [0.25, 0.3) is 0 Å². The molecule has 24 nitrogen and oxygen atoms in total. The molecule has 6 rings (SSSR count). The second-order valence-corrected chi connectivity index (χ2v) is 18.9. The van der Waals surface area contributed by atoms with Crippen molar-refractivity contribution in [2.75, 3.05) is 13.1 Å². The fourth-order valence-corrected chi connectivity index (χ4v) is 9.25. The number of hydrogen-bond donors (Lipinski definition) is 12. The first-order valence-electron chi connectivity index (χ1n) is 25.3. The van der Waals surface area contributed by atoms with Crippen LogP contribution in [0.4, 0.5) is 0 Å². The van der Waals surface area contributed by atoms with E-state index in [9.17, 15) is 38.4 Å². The molecule has 0 unspecified atom stereocenters. The molecular formula is C51H69N15O9. The van der Waals surface area contributed by atoms with Gasteiger partial charge in [0.05, 0.1) is 19.3 Å². The van der Waals surface area contributed by atoms with E-state index >= 15 is 4.79 Å². The molecule has 1 fully saturated rings. The first kappa shape index (κ1) is 56.0. The Bertz CT molecular complexity index is 2690. The summed E-state index contributed by atoms with van der Waals surface area (Å²) in [6, 6.07) is 7.06. The number of H-pyrrole nitrogens is 2. The second-order valence-electron chi connectivity index (χ2n) is 18.9. The van der Waals surface area contributed by atoms with E-state index in [1.54, 1.807) is 30.3 Å². The Kier molecular flexibility index (Phi) is 20.2. The molecule has 4 heterocycles. The number of imidazole rings is 1. The highest BCUT2D eigenvalue weighted by molar-refractivity contribution is 5.99. The topological polar surface area (TPSA) is 376 Å². The van der Waals surface area contributed by atoms with E-state index in [4.69, 9.17) is 17.2 Å². The smallest absolute Gasteiger partial charge is 0.246 e.